The monoisotopic (exact) mass is 262 g/mol. The molecule has 0 radical (unpaired) electrons. The van der Waals surface area contributed by atoms with Crippen LogP contribution in [0, 0.1) is 5.41 Å². The molecule has 3 rings (SSSR count). The third-order valence-electron chi connectivity index (χ3n) is 4.71. The SMILES string of the molecule is CN1CCC(NC2CC(C)(C)Cc3occc32)CC1. The molecule has 1 aliphatic carbocycles. The van der Waals surface area contributed by atoms with Gasteiger partial charge in [-0.3, -0.25) is 0 Å². The summed E-state index contributed by atoms with van der Waals surface area (Å²) in [4.78, 5) is 2.42. The van der Waals surface area contributed by atoms with E-state index in [0.717, 1.165) is 6.42 Å². The number of hydrogen-bond acceptors (Lipinski definition) is 3. The van der Waals surface area contributed by atoms with Crippen molar-refractivity contribution in [1.29, 1.82) is 0 Å². The van der Waals surface area contributed by atoms with Crippen LogP contribution in [0.15, 0.2) is 16.7 Å². The van der Waals surface area contributed by atoms with Gasteiger partial charge in [0.25, 0.3) is 0 Å². The first-order valence-corrected chi connectivity index (χ1v) is 7.54. The summed E-state index contributed by atoms with van der Waals surface area (Å²) in [5.41, 5.74) is 1.74. The number of fused-ring (bicyclic) bond motifs is 1. The van der Waals surface area contributed by atoms with Crippen LogP contribution in [0.3, 0.4) is 0 Å². The molecule has 0 saturated carbocycles. The summed E-state index contributed by atoms with van der Waals surface area (Å²) in [6.07, 6.45) is 6.67. The highest BCUT2D eigenvalue weighted by Crippen LogP contribution is 2.41. The molecule has 3 nitrogen and oxygen atoms in total. The summed E-state index contributed by atoms with van der Waals surface area (Å²) >= 11 is 0. The Hall–Kier alpha value is -0.800. The number of furan rings is 1. The van der Waals surface area contributed by atoms with E-state index in [1.54, 1.807) is 0 Å². The highest BCUT2D eigenvalue weighted by atomic mass is 16.3. The summed E-state index contributed by atoms with van der Waals surface area (Å²) in [5, 5.41) is 3.89. The van der Waals surface area contributed by atoms with Gasteiger partial charge in [-0.1, -0.05) is 13.8 Å². The second kappa shape index (κ2) is 4.95. The number of likely N-dealkylation sites (tertiary alicyclic amines) is 1. The summed E-state index contributed by atoms with van der Waals surface area (Å²) in [6.45, 7) is 7.13. The molecule has 0 amide bonds. The fourth-order valence-corrected chi connectivity index (χ4v) is 3.58. The van der Waals surface area contributed by atoms with Crippen LogP contribution < -0.4 is 5.32 Å². The minimum atomic E-state index is 0.341. The maximum Gasteiger partial charge on any atom is 0.109 e. The zero-order valence-electron chi connectivity index (χ0n) is 12.4. The molecule has 1 N–H and O–H groups in total. The van der Waals surface area contributed by atoms with Crippen molar-refractivity contribution in [1.82, 2.24) is 10.2 Å². The van der Waals surface area contributed by atoms with Crippen molar-refractivity contribution in [2.45, 2.75) is 51.6 Å². The predicted molar refractivity (Wildman–Crippen MR) is 77.2 cm³/mol. The molecule has 0 aromatic carbocycles. The Morgan fingerprint density at radius 2 is 2.05 bits per heavy atom. The molecular formula is C16H26N2O. The number of nitrogens with one attached hydrogen (secondary N) is 1. The van der Waals surface area contributed by atoms with E-state index >= 15 is 0 Å². The lowest BCUT2D eigenvalue weighted by Gasteiger charge is -2.38. The maximum absolute atomic E-state index is 5.68. The van der Waals surface area contributed by atoms with Gasteiger partial charge in [-0.15, -0.1) is 0 Å². The topological polar surface area (TPSA) is 28.4 Å². The van der Waals surface area contributed by atoms with Crippen molar-refractivity contribution >= 4 is 0 Å². The Bertz CT molecular complexity index is 430. The molecule has 19 heavy (non-hydrogen) atoms. The van der Waals surface area contributed by atoms with Crippen LogP contribution in [0.4, 0.5) is 0 Å². The first kappa shape index (κ1) is 13.2. The normalized spacial score (nSPS) is 28.3. The standard InChI is InChI=1S/C16H26N2O/c1-16(2)10-14(13-6-9-19-15(13)11-16)17-12-4-7-18(3)8-5-12/h6,9,12,14,17H,4-5,7-8,10-11H2,1-3H3. The van der Waals surface area contributed by atoms with Gasteiger partial charge >= 0.3 is 0 Å². The maximum atomic E-state index is 5.68. The van der Waals surface area contributed by atoms with E-state index in [4.69, 9.17) is 4.42 Å². The smallest absolute Gasteiger partial charge is 0.109 e. The van der Waals surface area contributed by atoms with Gasteiger partial charge in [0, 0.05) is 24.1 Å². The van der Waals surface area contributed by atoms with Gasteiger partial charge in [0.1, 0.15) is 5.76 Å². The first-order chi connectivity index (χ1) is 9.03. The number of nitrogens with zero attached hydrogens (tertiary/aromatic N) is 1. The van der Waals surface area contributed by atoms with Gasteiger partial charge in [-0.2, -0.15) is 0 Å². The fourth-order valence-electron chi connectivity index (χ4n) is 3.58. The van der Waals surface area contributed by atoms with Gasteiger partial charge in [0.2, 0.25) is 0 Å². The van der Waals surface area contributed by atoms with Crippen LogP contribution >= 0.6 is 0 Å². The van der Waals surface area contributed by atoms with E-state index in [1.807, 2.05) is 6.26 Å². The molecule has 1 aromatic heterocycles. The molecule has 106 valence electrons. The van der Waals surface area contributed by atoms with Crippen molar-refractivity contribution in [3.63, 3.8) is 0 Å². The summed E-state index contributed by atoms with van der Waals surface area (Å²) in [7, 11) is 2.22. The van der Waals surface area contributed by atoms with Crippen molar-refractivity contribution in [2.24, 2.45) is 5.41 Å². The lowest BCUT2D eigenvalue weighted by Crippen LogP contribution is -2.44. The molecule has 1 fully saturated rings. The molecule has 0 bridgehead atoms. The van der Waals surface area contributed by atoms with Crippen molar-refractivity contribution in [2.75, 3.05) is 20.1 Å². The minimum Gasteiger partial charge on any atom is -0.469 e. The Kier molecular flexibility index (Phi) is 3.44. The molecular weight excluding hydrogens is 236 g/mol. The van der Waals surface area contributed by atoms with E-state index in [9.17, 15) is 0 Å². The van der Waals surface area contributed by atoms with Gasteiger partial charge in [0.05, 0.1) is 6.26 Å². The molecule has 2 heterocycles. The number of rotatable bonds is 2. The molecule has 1 aliphatic heterocycles. The van der Waals surface area contributed by atoms with Crippen LogP contribution in [-0.2, 0) is 6.42 Å². The van der Waals surface area contributed by atoms with Gasteiger partial charge in [-0.05, 0) is 50.9 Å². The molecule has 3 heteroatoms. The lowest BCUT2D eigenvalue weighted by atomic mass is 9.74. The number of piperidine rings is 1. The van der Waals surface area contributed by atoms with E-state index in [-0.39, 0.29) is 0 Å². The lowest BCUT2D eigenvalue weighted by molar-refractivity contribution is 0.188. The Balaban J connectivity index is 1.71. The zero-order chi connectivity index (χ0) is 13.5. The van der Waals surface area contributed by atoms with Crippen LogP contribution in [0.25, 0.3) is 0 Å². The van der Waals surface area contributed by atoms with Crippen LogP contribution in [0.2, 0.25) is 0 Å². The van der Waals surface area contributed by atoms with Crippen molar-refractivity contribution in [3.05, 3.63) is 23.7 Å². The summed E-state index contributed by atoms with van der Waals surface area (Å²) in [6, 6.07) is 3.31. The van der Waals surface area contributed by atoms with Gasteiger partial charge in [-0.25, -0.2) is 0 Å². The molecule has 1 atom stereocenters. The molecule has 1 aromatic rings. The quantitative estimate of drug-likeness (QED) is 0.888. The third kappa shape index (κ3) is 2.87. The molecule has 1 saturated heterocycles. The second-order valence-corrected chi connectivity index (χ2v) is 7.14. The highest BCUT2D eigenvalue weighted by Gasteiger charge is 2.35. The fraction of sp³-hybridized carbons (Fsp3) is 0.750. The minimum absolute atomic E-state index is 0.341. The third-order valence-corrected chi connectivity index (χ3v) is 4.71. The van der Waals surface area contributed by atoms with Gasteiger partial charge in [0.15, 0.2) is 0 Å². The van der Waals surface area contributed by atoms with Crippen molar-refractivity contribution < 1.29 is 4.42 Å². The van der Waals surface area contributed by atoms with Crippen LogP contribution in [0.1, 0.15) is 50.5 Å². The Labute approximate surface area is 116 Å². The zero-order valence-corrected chi connectivity index (χ0v) is 12.4. The largest absolute Gasteiger partial charge is 0.469 e. The summed E-state index contributed by atoms with van der Waals surface area (Å²) < 4.78 is 5.68. The molecule has 0 spiro atoms. The van der Waals surface area contributed by atoms with Crippen LogP contribution in [0.5, 0.6) is 0 Å². The Morgan fingerprint density at radius 1 is 1.32 bits per heavy atom. The highest BCUT2D eigenvalue weighted by molar-refractivity contribution is 5.26. The second-order valence-electron chi connectivity index (χ2n) is 7.14. The molecule has 2 aliphatic rings. The average Bonchev–Trinajstić information content (AvgIpc) is 2.78. The van der Waals surface area contributed by atoms with E-state index in [1.165, 1.54) is 43.7 Å². The van der Waals surface area contributed by atoms with Crippen molar-refractivity contribution in [3.8, 4) is 0 Å². The molecule has 1 unspecified atom stereocenters. The number of hydrogen-bond donors (Lipinski definition) is 1. The Morgan fingerprint density at radius 3 is 2.79 bits per heavy atom. The van der Waals surface area contributed by atoms with E-state index < -0.39 is 0 Å². The predicted octanol–water partition coefficient (Wildman–Crippen LogP) is 2.98. The summed E-state index contributed by atoms with van der Waals surface area (Å²) in [5.74, 6) is 1.20. The average molecular weight is 262 g/mol. The van der Waals surface area contributed by atoms with E-state index in [0.29, 0.717) is 17.5 Å². The van der Waals surface area contributed by atoms with Gasteiger partial charge < -0.3 is 14.6 Å². The van der Waals surface area contributed by atoms with E-state index in [2.05, 4.69) is 37.2 Å². The first-order valence-electron chi connectivity index (χ1n) is 7.54. The van der Waals surface area contributed by atoms with Crippen LogP contribution in [-0.4, -0.2) is 31.1 Å².